The SMILES string of the molecule is COc1cccc(OC(C)c2nnc(SCC(=O)Nc3cc(Cl)ccc3OC)n2CC(C)C)c1. The second kappa shape index (κ2) is 12.0. The average molecular weight is 505 g/mol. The summed E-state index contributed by atoms with van der Waals surface area (Å²) in [6.45, 7) is 6.85. The van der Waals surface area contributed by atoms with Crippen molar-refractivity contribution >= 4 is 35.0 Å². The first-order chi connectivity index (χ1) is 16.3. The molecule has 0 spiro atoms. The van der Waals surface area contributed by atoms with Gasteiger partial charge < -0.3 is 24.1 Å². The standard InChI is InChI=1S/C24H29ClN4O4S/c1-15(2)13-29-23(16(3)33-19-8-6-7-18(12-19)31-4)27-28-24(29)34-14-22(30)26-20-11-17(25)9-10-21(20)32-5/h6-12,15-16H,13-14H2,1-5H3,(H,26,30). The normalized spacial score (nSPS) is 11.9. The number of carbonyl (C=O) groups excluding carboxylic acids is 1. The van der Waals surface area contributed by atoms with Crippen molar-refractivity contribution < 1.29 is 19.0 Å². The van der Waals surface area contributed by atoms with Crippen molar-refractivity contribution in [1.82, 2.24) is 14.8 Å². The van der Waals surface area contributed by atoms with E-state index < -0.39 is 0 Å². The minimum atomic E-state index is -0.350. The lowest BCUT2D eigenvalue weighted by Gasteiger charge is -2.18. The molecule has 1 heterocycles. The molecule has 0 saturated carbocycles. The monoisotopic (exact) mass is 504 g/mol. The number of aromatic nitrogens is 3. The Morgan fingerprint density at radius 1 is 1.09 bits per heavy atom. The molecule has 3 aromatic rings. The Kier molecular flexibility index (Phi) is 9.06. The minimum absolute atomic E-state index is 0.150. The van der Waals surface area contributed by atoms with E-state index in [0.717, 1.165) is 0 Å². The molecular weight excluding hydrogens is 476 g/mol. The second-order valence-corrected chi connectivity index (χ2v) is 9.34. The molecule has 10 heteroatoms. The molecule has 0 radical (unpaired) electrons. The van der Waals surface area contributed by atoms with Crippen molar-refractivity contribution in [3.63, 3.8) is 0 Å². The molecule has 3 rings (SSSR count). The maximum atomic E-state index is 12.6. The predicted molar refractivity (Wildman–Crippen MR) is 134 cm³/mol. The Hall–Kier alpha value is -2.91. The van der Waals surface area contributed by atoms with Crippen LogP contribution in [0.4, 0.5) is 5.69 Å². The van der Waals surface area contributed by atoms with Gasteiger partial charge in [0.1, 0.15) is 17.2 Å². The number of benzene rings is 2. The van der Waals surface area contributed by atoms with Gasteiger partial charge in [-0.3, -0.25) is 4.79 Å². The van der Waals surface area contributed by atoms with Crippen LogP contribution in [-0.4, -0.2) is 40.6 Å². The van der Waals surface area contributed by atoms with E-state index in [0.29, 0.717) is 51.4 Å². The lowest BCUT2D eigenvalue weighted by Crippen LogP contribution is -2.17. The number of anilines is 1. The molecule has 1 amide bonds. The number of halogens is 1. The second-order valence-electron chi connectivity index (χ2n) is 7.97. The first-order valence-electron chi connectivity index (χ1n) is 10.8. The van der Waals surface area contributed by atoms with E-state index in [1.165, 1.54) is 11.8 Å². The lowest BCUT2D eigenvalue weighted by atomic mass is 10.2. The quantitative estimate of drug-likeness (QED) is 0.346. The van der Waals surface area contributed by atoms with E-state index >= 15 is 0 Å². The topological polar surface area (TPSA) is 87.5 Å². The van der Waals surface area contributed by atoms with Crippen LogP contribution in [0.25, 0.3) is 0 Å². The van der Waals surface area contributed by atoms with E-state index in [2.05, 4.69) is 29.4 Å². The summed E-state index contributed by atoms with van der Waals surface area (Å²) in [6, 6.07) is 12.5. The third-order valence-corrected chi connectivity index (χ3v) is 5.98. The van der Waals surface area contributed by atoms with Crippen LogP contribution in [0.3, 0.4) is 0 Å². The third-order valence-electron chi connectivity index (χ3n) is 4.78. The van der Waals surface area contributed by atoms with Crippen LogP contribution in [0.2, 0.25) is 5.02 Å². The highest BCUT2D eigenvalue weighted by atomic mass is 35.5. The zero-order valence-corrected chi connectivity index (χ0v) is 21.4. The van der Waals surface area contributed by atoms with E-state index in [1.807, 2.05) is 35.8 Å². The minimum Gasteiger partial charge on any atom is -0.497 e. The fraction of sp³-hybridized carbons (Fsp3) is 0.375. The van der Waals surface area contributed by atoms with Gasteiger partial charge in [0.15, 0.2) is 17.1 Å². The van der Waals surface area contributed by atoms with Crippen LogP contribution in [0, 0.1) is 5.92 Å². The van der Waals surface area contributed by atoms with Gasteiger partial charge >= 0.3 is 0 Å². The maximum Gasteiger partial charge on any atom is 0.234 e. The van der Waals surface area contributed by atoms with Crippen molar-refractivity contribution in [2.24, 2.45) is 5.92 Å². The van der Waals surface area contributed by atoms with Crippen molar-refractivity contribution in [2.45, 2.75) is 38.6 Å². The van der Waals surface area contributed by atoms with E-state index in [9.17, 15) is 4.79 Å². The van der Waals surface area contributed by atoms with Crippen molar-refractivity contribution in [3.05, 3.63) is 53.3 Å². The molecule has 0 fully saturated rings. The van der Waals surface area contributed by atoms with Crippen molar-refractivity contribution in [2.75, 3.05) is 25.3 Å². The summed E-state index contributed by atoms with van der Waals surface area (Å²) < 4.78 is 18.7. The number of rotatable bonds is 11. The highest BCUT2D eigenvalue weighted by molar-refractivity contribution is 7.99. The van der Waals surface area contributed by atoms with E-state index in [4.69, 9.17) is 25.8 Å². The van der Waals surface area contributed by atoms with Crippen LogP contribution in [-0.2, 0) is 11.3 Å². The number of thioether (sulfide) groups is 1. The first-order valence-corrected chi connectivity index (χ1v) is 12.2. The van der Waals surface area contributed by atoms with Gasteiger partial charge in [0.05, 0.1) is 25.7 Å². The smallest absolute Gasteiger partial charge is 0.234 e. The number of hydrogen-bond donors (Lipinski definition) is 1. The van der Waals surface area contributed by atoms with Gasteiger partial charge in [0.2, 0.25) is 5.91 Å². The van der Waals surface area contributed by atoms with E-state index in [-0.39, 0.29) is 17.8 Å². The van der Waals surface area contributed by atoms with Gasteiger partial charge in [-0.2, -0.15) is 0 Å². The van der Waals surface area contributed by atoms with Gasteiger partial charge in [-0.15, -0.1) is 10.2 Å². The number of carbonyl (C=O) groups is 1. The molecular formula is C24H29ClN4O4S. The Balaban J connectivity index is 1.72. The van der Waals surface area contributed by atoms with Crippen LogP contribution in [0.15, 0.2) is 47.6 Å². The Labute approximate surface area is 209 Å². The van der Waals surface area contributed by atoms with Gasteiger partial charge in [0.25, 0.3) is 0 Å². The summed E-state index contributed by atoms with van der Waals surface area (Å²) in [4.78, 5) is 12.6. The summed E-state index contributed by atoms with van der Waals surface area (Å²) in [7, 11) is 3.16. The Morgan fingerprint density at radius 2 is 1.85 bits per heavy atom. The molecule has 34 heavy (non-hydrogen) atoms. The summed E-state index contributed by atoms with van der Waals surface area (Å²) in [5.41, 5.74) is 0.519. The largest absolute Gasteiger partial charge is 0.497 e. The Morgan fingerprint density at radius 3 is 2.56 bits per heavy atom. The maximum absolute atomic E-state index is 12.6. The van der Waals surface area contributed by atoms with Crippen LogP contribution in [0.1, 0.15) is 32.7 Å². The Bertz CT molecular complexity index is 1120. The molecule has 1 unspecified atom stereocenters. The zero-order valence-electron chi connectivity index (χ0n) is 19.9. The zero-order chi connectivity index (χ0) is 24.7. The number of methoxy groups -OCH3 is 2. The van der Waals surface area contributed by atoms with Crippen molar-refractivity contribution in [3.8, 4) is 17.2 Å². The fourth-order valence-corrected chi connectivity index (χ4v) is 4.20. The lowest BCUT2D eigenvalue weighted by molar-refractivity contribution is -0.113. The predicted octanol–water partition coefficient (Wildman–Crippen LogP) is 5.48. The fourth-order valence-electron chi connectivity index (χ4n) is 3.27. The van der Waals surface area contributed by atoms with Gasteiger partial charge in [0, 0.05) is 17.6 Å². The summed E-state index contributed by atoms with van der Waals surface area (Å²) in [6.07, 6.45) is -0.350. The summed E-state index contributed by atoms with van der Waals surface area (Å²) in [5.74, 6) is 2.92. The van der Waals surface area contributed by atoms with Gasteiger partial charge in [-0.25, -0.2) is 0 Å². The van der Waals surface area contributed by atoms with Crippen LogP contribution in [0.5, 0.6) is 17.2 Å². The number of nitrogens with zero attached hydrogens (tertiary/aromatic N) is 3. The molecule has 0 saturated heterocycles. The number of ether oxygens (including phenoxy) is 3. The molecule has 1 N–H and O–H groups in total. The van der Waals surface area contributed by atoms with E-state index in [1.54, 1.807) is 32.4 Å². The van der Waals surface area contributed by atoms with Gasteiger partial charge in [-0.1, -0.05) is 43.3 Å². The molecule has 0 aliphatic rings. The number of hydrogen-bond acceptors (Lipinski definition) is 7. The molecule has 0 bridgehead atoms. The molecule has 0 aliphatic carbocycles. The number of nitrogens with one attached hydrogen (secondary N) is 1. The highest BCUT2D eigenvalue weighted by Crippen LogP contribution is 2.29. The first kappa shape index (κ1) is 25.7. The molecule has 1 aromatic heterocycles. The molecule has 1 atom stereocenters. The summed E-state index contributed by atoms with van der Waals surface area (Å²) >= 11 is 7.37. The summed E-state index contributed by atoms with van der Waals surface area (Å²) in [5, 5.41) is 12.7. The van der Waals surface area contributed by atoms with Crippen molar-refractivity contribution in [1.29, 1.82) is 0 Å². The molecule has 2 aromatic carbocycles. The molecule has 8 nitrogen and oxygen atoms in total. The molecule has 0 aliphatic heterocycles. The van der Waals surface area contributed by atoms with Gasteiger partial charge in [-0.05, 0) is 43.2 Å². The highest BCUT2D eigenvalue weighted by Gasteiger charge is 2.21. The van der Waals surface area contributed by atoms with Crippen LogP contribution < -0.4 is 19.5 Å². The van der Waals surface area contributed by atoms with Crippen LogP contribution >= 0.6 is 23.4 Å². The third kappa shape index (κ3) is 6.80. The molecule has 182 valence electrons. The number of amides is 1. The average Bonchev–Trinajstić information content (AvgIpc) is 3.19.